The van der Waals surface area contributed by atoms with Crippen molar-refractivity contribution in [1.82, 2.24) is 4.98 Å². The fraction of sp³-hybridized carbons (Fsp3) is 0.500. The first kappa shape index (κ1) is 9.59. The Labute approximate surface area is 78.6 Å². The van der Waals surface area contributed by atoms with Crippen LogP contribution in [0.2, 0.25) is 0 Å². The summed E-state index contributed by atoms with van der Waals surface area (Å²) in [6, 6.07) is 4.10. The summed E-state index contributed by atoms with van der Waals surface area (Å²) < 4.78 is 0. The van der Waals surface area contributed by atoms with Crippen LogP contribution in [0.4, 0.5) is 0 Å². The van der Waals surface area contributed by atoms with Crippen molar-refractivity contribution in [3.63, 3.8) is 0 Å². The van der Waals surface area contributed by atoms with Crippen LogP contribution in [0.5, 0.6) is 0 Å². The average molecular weight is 181 g/mol. The lowest BCUT2D eigenvalue weighted by Gasteiger charge is -2.01. The molecule has 1 nitrogen and oxygen atoms in total. The molecule has 1 aromatic heterocycles. The van der Waals surface area contributed by atoms with E-state index in [4.69, 9.17) is 0 Å². The van der Waals surface area contributed by atoms with Crippen molar-refractivity contribution in [2.45, 2.75) is 31.7 Å². The maximum atomic E-state index is 4.31. The van der Waals surface area contributed by atoms with E-state index >= 15 is 0 Å². The molecule has 0 radical (unpaired) electrons. The van der Waals surface area contributed by atoms with Crippen LogP contribution in [0.3, 0.4) is 0 Å². The number of pyridine rings is 1. The molecule has 0 amide bonds. The van der Waals surface area contributed by atoms with E-state index in [0.717, 1.165) is 0 Å². The van der Waals surface area contributed by atoms with Crippen LogP contribution in [-0.2, 0) is 0 Å². The van der Waals surface area contributed by atoms with E-state index in [2.05, 4.69) is 24.9 Å². The minimum absolute atomic E-state index is 1.19. The smallest absolute Gasteiger partial charge is 0.0988 e. The molecular formula is C10H15NS. The fourth-order valence-corrected chi connectivity index (χ4v) is 1.99. The Kier molecular flexibility index (Phi) is 4.15. The summed E-state index contributed by atoms with van der Waals surface area (Å²) in [4.78, 5) is 4.31. The van der Waals surface area contributed by atoms with Crippen molar-refractivity contribution >= 4 is 11.8 Å². The van der Waals surface area contributed by atoms with Crippen molar-refractivity contribution in [2.24, 2.45) is 0 Å². The average Bonchev–Trinajstić information content (AvgIpc) is 2.09. The summed E-state index contributed by atoms with van der Waals surface area (Å²) in [7, 11) is 0. The summed E-state index contributed by atoms with van der Waals surface area (Å²) in [5, 5.41) is 1.19. The first-order valence-electron chi connectivity index (χ1n) is 4.39. The molecule has 0 unspecified atom stereocenters. The number of aromatic nitrogens is 1. The van der Waals surface area contributed by atoms with E-state index in [0.29, 0.717) is 0 Å². The van der Waals surface area contributed by atoms with Crippen molar-refractivity contribution in [2.75, 3.05) is 5.75 Å². The lowest BCUT2D eigenvalue weighted by atomic mass is 10.3. The molecule has 66 valence electrons. The summed E-state index contributed by atoms with van der Waals surface area (Å²) in [6.07, 6.45) is 4.40. The van der Waals surface area contributed by atoms with Crippen molar-refractivity contribution in [3.8, 4) is 0 Å². The van der Waals surface area contributed by atoms with Gasteiger partial charge in [0.15, 0.2) is 0 Å². The van der Waals surface area contributed by atoms with E-state index in [-0.39, 0.29) is 0 Å². The molecule has 0 bridgehead atoms. The zero-order valence-electron chi connectivity index (χ0n) is 7.71. The second-order valence-electron chi connectivity index (χ2n) is 2.83. The third-order valence-electron chi connectivity index (χ3n) is 1.70. The number of unbranched alkanes of at least 4 members (excludes halogenated alkanes) is 1. The second kappa shape index (κ2) is 5.20. The van der Waals surface area contributed by atoms with E-state index in [1.54, 1.807) is 0 Å². The Bertz CT molecular complexity index is 235. The minimum atomic E-state index is 1.19. The highest BCUT2D eigenvalue weighted by atomic mass is 32.2. The SMILES string of the molecule is CCCCSc1ncccc1C. The third kappa shape index (κ3) is 2.86. The number of aryl methyl sites for hydroxylation is 1. The highest BCUT2D eigenvalue weighted by molar-refractivity contribution is 7.99. The van der Waals surface area contributed by atoms with Gasteiger partial charge in [0.2, 0.25) is 0 Å². The number of rotatable bonds is 4. The van der Waals surface area contributed by atoms with Crippen molar-refractivity contribution < 1.29 is 0 Å². The highest BCUT2D eigenvalue weighted by Crippen LogP contribution is 2.19. The molecule has 0 aromatic carbocycles. The maximum Gasteiger partial charge on any atom is 0.0988 e. The number of nitrogens with zero attached hydrogens (tertiary/aromatic N) is 1. The van der Waals surface area contributed by atoms with Gasteiger partial charge in [-0.3, -0.25) is 0 Å². The van der Waals surface area contributed by atoms with Gasteiger partial charge in [-0.25, -0.2) is 4.98 Å². The van der Waals surface area contributed by atoms with Gasteiger partial charge in [0, 0.05) is 6.20 Å². The lowest BCUT2D eigenvalue weighted by molar-refractivity contribution is 0.894. The van der Waals surface area contributed by atoms with Crippen LogP contribution in [0, 0.1) is 6.92 Å². The van der Waals surface area contributed by atoms with Crippen LogP contribution < -0.4 is 0 Å². The van der Waals surface area contributed by atoms with Gasteiger partial charge in [-0.05, 0) is 30.7 Å². The van der Waals surface area contributed by atoms with Gasteiger partial charge in [-0.15, -0.1) is 11.8 Å². The molecule has 1 heterocycles. The van der Waals surface area contributed by atoms with Gasteiger partial charge in [-0.1, -0.05) is 19.4 Å². The Morgan fingerprint density at radius 1 is 1.50 bits per heavy atom. The molecule has 0 saturated carbocycles. The van der Waals surface area contributed by atoms with Crippen molar-refractivity contribution in [3.05, 3.63) is 23.9 Å². The van der Waals surface area contributed by atoms with Gasteiger partial charge in [0.05, 0.1) is 5.03 Å². The Morgan fingerprint density at radius 3 is 3.00 bits per heavy atom. The second-order valence-corrected chi connectivity index (χ2v) is 3.91. The van der Waals surface area contributed by atoms with Gasteiger partial charge < -0.3 is 0 Å². The van der Waals surface area contributed by atoms with Crippen LogP contribution in [-0.4, -0.2) is 10.7 Å². The predicted octanol–water partition coefficient (Wildman–Crippen LogP) is 3.28. The fourth-order valence-electron chi connectivity index (χ4n) is 0.935. The number of hydrogen-bond donors (Lipinski definition) is 0. The van der Waals surface area contributed by atoms with Gasteiger partial charge in [-0.2, -0.15) is 0 Å². The number of hydrogen-bond acceptors (Lipinski definition) is 2. The summed E-state index contributed by atoms with van der Waals surface area (Å²) in [5.74, 6) is 1.19. The Hall–Kier alpha value is -0.500. The number of thioether (sulfide) groups is 1. The topological polar surface area (TPSA) is 12.9 Å². The van der Waals surface area contributed by atoms with Gasteiger partial charge >= 0.3 is 0 Å². The maximum absolute atomic E-state index is 4.31. The third-order valence-corrected chi connectivity index (χ3v) is 2.89. The van der Waals surface area contributed by atoms with Crippen LogP contribution in [0.1, 0.15) is 25.3 Å². The summed E-state index contributed by atoms with van der Waals surface area (Å²) >= 11 is 1.86. The minimum Gasteiger partial charge on any atom is -0.250 e. The molecule has 0 atom stereocenters. The van der Waals surface area contributed by atoms with Gasteiger partial charge in [0.25, 0.3) is 0 Å². The van der Waals surface area contributed by atoms with E-state index in [9.17, 15) is 0 Å². The Morgan fingerprint density at radius 2 is 2.33 bits per heavy atom. The highest BCUT2D eigenvalue weighted by Gasteiger charge is 1.97. The van der Waals surface area contributed by atoms with E-state index in [1.165, 1.54) is 29.2 Å². The largest absolute Gasteiger partial charge is 0.250 e. The molecule has 12 heavy (non-hydrogen) atoms. The molecule has 1 aromatic rings. The molecule has 0 fully saturated rings. The van der Waals surface area contributed by atoms with Crippen LogP contribution >= 0.6 is 11.8 Å². The van der Waals surface area contributed by atoms with Crippen LogP contribution in [0.15, 0.2) is 23.4 Å². The zero-order chi connectivity index (χ0) is 8.81. The molecule has 0 spiro atoms. The van der Waals surface area contributed by atoms with Gasteiger partial charge in [0.1, 0.15) is 0 Å². The molecule has 0 aliphatic heterocycles. The Balaban J connectivity index is 2.46. The van der Waals surface area contributed by atoms with E-state index < -0.39 is 0 Å². The first-order valence-corrected chi connectivity index (χ1v) is 5.37. The molecule has 1 rings (SSSR count). The lowest BCUT2D eigenvalue weighted by Crippen LogP contribution is -1.85. The molecule has 2 heteroatoms. The molecule has 0 N–H and O–H groups in total. The first-order chi connectivity index (χ1) is 5.84. The zero-order valence-corrected chi connectivity index (χ0v) is 8.53. The summed E-state index contributed by atoms with van der Waals surface area (Å²) in [5.41, 5.74) is 1.29. The molecular weight excluding hydrogens is 166 g/mol. The van der Waals surface area contributed by atoms with Crippen molar-refractivity contribution in [1.29, 1.82) is 0 Å². The molecule has 0 aliphatic carbocycles. The predicted molar refractivity (Wildman–Crippen MR) is 54.6 cm³/mol. The van der Waals surface area contributed by atoms with E-state index in [1.807, 2.05) is 24.0 Å². The molecule has 0 aliphatic rings. The standard InChI is InChI=1S/C10H15NS/c1-3-4-8-12-10-9(2)6-5-7-11-10/h5-7H,3-4,8H2,1-2H3. The summed E-state index contributed by atoms with van der Waals surface area (Å²) in [6.45, 7) is 4.33. The van der Waals surface area contributed by atoms with Crippen LogP contribution in [0.25, 0.3) is 0 Å². The monoisotopic (exact) mass is 181 g/mol. The quantitative estimate of drug-likeness (QED) is 0.522. The molecule has 0 saturated heterocycles. The normalized spacial score (nSPS) is 10.2.